The summed E-state index contributed by atoms with van der Waals surface area (Å²) in [4.78, 5) is 4.42. The Balaban J connectivity index is 2.07. The molecular weight excluding hydrogens is 236 g/mol. The Morgan fingerprint density at radius 1 is 1.21 bits per heavy atom. The van der Waals surface area contributed by atoms with E-state index in [2.05, 4.69) is 11.1 Å². The van der Waals surface area contributed by atoms with E-state index in [1.54, 1.807) is 0 Å². The zero-order chi connectivity index (χ0) is 13.8. The maximum absolute atomic E-state index is 5.86. The van der Waals surface area contributed by atoms with Gasteiger partial charge in [-0.3, -0.25) is 4.98 Å². The average Bonchev–Trinajstić information content (AvgIpc) is 2.37. The van der Waals surface area contributed by atoms with Crippen LogP contribution in [0.4, 0.5) is 0 Å². The standard InChI is InChI=1S/C16H20N2O/c1-11-9-14(13(3)17)7-8-16(11)19-10-15-6-4-5-12(2)18-15/h4-9,13H,10,17H2,1-3H3/t13-/m1/s1. The molecule has 0 saturated carbocycles. The number of pyridine rings is 1. The molecule has 0 spiro atoms. The van der Waals surface area contributed by atoms with Crippen LogP contribution in [0.5, 0.6) is 5.75 Å². The first kappa shape index (κ1) is 13.6. The van der Waals surface area contributed by atoms with Gasteiger partial charge in [0, 0.05) is 11.7 Å². The van der Waals surface area contributed by atoms with Gasteiger partial charge in [-0.15, -0.1) is 0 Å². The fraction of sp³-hybridized carbons (Fsp3) is 0.312. The summed E-state index contributed by atoms with van der Waals surface area (Å²) in [6.45, 7) is 6.48. The molecule has 0 aliphatic heterocycles. The molecular formula is C16H20N2O. The number of nitrogens with zero attached hydrogens (tertiary/aromatic N) is 1. The summed E-state index contributed by atoms with van der Waals surface area (Å²) in [5.74, 6) is 0.882. The molecule has 19 heavy (non-hydrogen) atoms. The van der Waals surface area contributed by atoms with E-state index in [9.17, 15) is 0 Å². The molecule has 1 atom stereocenters. The first-order valence-corrected chi connectivity index (χ1v) is 6.47. The maximum Gasteiger partial charge on any atom is 0.130 e. The van der Waals surface area contributed by atoms with E-state index in [1.165, 1.54) is 0 Å². The van der Waals surface area contributed by atoms with Crippen molar-refractivity contribution in [2.45, 2.75) is 33.4 Å². The van der Waals surface area contributed by atoms with Crippen molar-refractivity contribution >= 4 is 0 Å². The Kier molecular flexibility index (Phi) is 4.17. The summed E-state index contributed by atoms with van der Waals surface area (Å²) in [7, 11) is 0. The second-order valence-corrected chi connectivity index (χ2v) is 4.87. The summed E-state index contributed by atoms with van der Waals surface area (Å²) < 4.78 is 5.81. The summed E-state index contributed by atoms with van der Waals surface area (Å²) >= 11 is 0. The molecule has 0 saturated heterocycles. The number of aromatic nitrogens is 1. The summed E-state index contributed by atoms with van der Waals surface area (Å²) in [5, 5.41) is 0. The van der Waals surface area contributed by atoms with Crippen molar-refractivity contribution in [3.63, 3.8) is 0 Å². The minimum atomic E-state index is 0.0474. The van der Waals surface area contributed by atoms with Crippen molar-refractivity contribution in [2.24, 2.45) is 5.73 Å². The third kappa shape index (κ3) is 3.55. The lowest BCUT2D eigenvalue weighted by molar-refractivity contribution is 0.299. The summed E-state index contributed by atoms with van der Waals surface area (Å²) in [6, 6.07) is 12.0. The molecule has 0 fully saturated rings. The Morgan fingerprint density at radius 3 is 2.63 bits per heavy atom. The fourth-order valence-electron chi connectivity index (χ4n) is 1.95. The van der Waals surface area contributed by atoms with Crippen LogP contribution in [0.3, 0.4) is 0 Å². The van der Waals surface area contributed by atoms with Crippen molar-refractivity contribution in [3.05, 3.63) is 58.9 Å². The molecule has 1 heterocycles. The van der Waals surface area contributed by atoms with E-state index in [4.69, 9.17) is 10.5 Å². The summed E-state index contributed by atoms with van der Waals surface area (Å²) in [6.07, 6.45) is 0. The van der Waals surface area contributed by atoms with Crippen molar-refractivity contribution in [2.75, 3.05) is 0 Å². The van der Waals surface area contributed by atoms with Crippen LogP contribution in [0, 0.1) is 13.8 Å². The monoisotopic (exact) mass is 256 g/mol. The molecule has 2 aromatic rings. The van der Waals surface area contributed by atoms with Gasteiger partial charge >= 0.3 is 0 Å². The highest BCUT2D eigenvalue weighted by Gasteiger charge is 2.05. The summed E-state index contributed by atoms with van der Waals surface area (Å²) in [5.41, 5.74) is 10.0. The normalized spacial score (nSPS) is 12.2. The van der Waals surface area contributed by atoms with Gasteiger partial charge < -0.3 is 10.5 Å². The molecule has 0 radical (unpaired) electrons. The van der Waals surface area contributed by atoms with Gasteiger partial charge in [0.1, 0.15) is 12.4 Å². The second kappa shape index (κ2) is 5.85. The number of rotatable bonds is 4. The topological polar surface area (TPSA) is 48.1 Å². The van der Waals surface area contributed by atoms with Gasteiger partial charge in [0.25, 0.3) is 0 Å². The number of benzene rings is 1. The lowest BCUT2D eigenvalue weighted by atomic mass is 10.1. The van der Waals surface area contributed by atoms with Gasteiger partial charge in [0.05, 0.1) is 5.69 Å². The number of hydrogen-bond donors (Lipinski definition) is 1. The van der Waals surface area contributed by atoms with Crippen molar-refractivity contribution < 1.29 is 4.74 Å². The predicted molar refractivity (Wildman–Crippen MR) is 77.1 cm³/mol. The quantitative estimate of drug-likeness (QED) is 0.913. The Bertz CT molecular complexity index is 564. The zero-order valence-corrected chi connectivity index (χ0v) is 11.7. The van der Waals surface area contributed by atoms with Gasteiger partial charge in [-0.2, -0.15) is 0 Å². The number of hydrogen-bond acceptors (Lipinski definition) is 3. The Labute approximate surface area is 114 Å². The predicted octanol–water partition coefficient (Wildman–Crippen LogP) is 3.30. The van der Waals surface area contributed by atoms with Crippen LogP contribution in [0.15, 0.2) is 36.4 Å². The fourth-order valence-corrected chi connectivity index (χ4v) is 1.95. The Hall–Kier alpha value is -1.87. The number of ether oxygens (including phenoxy) is 1. The molecule has 0 unspecified atom stereocenters. The lowest BCUT2D eigenvalue weighted by Gasteiger charge is -2.12. The number of aryl methyl sites for hydroxylation is 2. The smallest absolute Gasteiger partial charge is 0.130 e. The lowest BCUT2D eigenvalue weighted by Crippen LogP contribution is -2.06. The van der Waals surface area contributed by atoms with E-state index in [1.807, 2.05) is 51.1 Å². The van der Waals surface area contributed by atoms with E-state index < -0.39 is 0 Å². The minimum absolute atomic E-state index is 0.0474. The first-order chi connectivity index (χ1) is 9.06. The molecule has 1 aromatic carbocycles. The van der Waals surface area contributed by atoms with E-state index in [-0.39, 0.29) is 6.04 Å². The molecule has 0 aliphatic rings. The average molecular weight is 256 g/mol. The van der Waals surface area contributed by atoms with Crippen LogP contribution in [0.25, 0.3) is 0 Å². The molecule has 3 heteroatoms. The molecule has 100 valence electrons. The maximum atomic E-state index is 5.86. The highest BCUT2D eigenvalue weighted by Crippen LogP contribution is 2.22. The van der Waals surface area contributed by atoms with Crippen LogP contribution in [0.1, 0.15) is 35.5 Å². The van der Waals surface area contributed by atoms with Gasteiger partial charge in [-0.05, 0) is 50.1 Å². The molecule has 1 aromatic heterocycles. The van der Waals surface area contributed by atoms with Gasteiger partial charge in [0.15, 0.2) is 0 Å². The van der Waals surface area contributed by atoms with Gasteiger partial charge in [0.2, 0.25) is 0 Å². The van der Waals surface area contributed by atoms with Crippen LogP contribution in [-0.4, -0.2) is 4.98 Å². The third-order valence-corrected chi connectivity index (χ3v) is 3.05. The molecule has 2 N–H and O–H groups in total. The first-order valence-electron chi connectivity index (χ1n) is 6.47. The highest BCUT2D eigenvalue weighted by atomic mass is 16.5. The Morgan fingerprint density at radius 2 is 2.00 bits per heavy atom. The van der Waals surface area contributed by atoms with Crippen LogP contribution < -0.4 is 10.5 Å². The molecule has 0 bridgehead atoms. The second-order valence-electron chi connectivity index (χ2n) is 4.87. The zero-order valence-electron chi connectivity index (χ0n) is 11.7. The third-order valence-electron chi connectivity index (χ3n) is 3.05. The van der Waals surface area contributed by atoms with Crippen LogP contribution >= 0.6 is 0 Å². The van der Waals surface area contributed by atoms with E-state index in [0.29, 0.717) is 6.61 Å². The van der Waals surface area contributed by atoms with Crippen molar-refractivity contribution in [1.82, 2.24) is 4.98 Å². The van der Waals surface area contributed by atoms with Gasteiger partial charge in [-0.25, -0.2) is 0 Å². The van der Waals surface area contributed by atoms with E-state index >= 15 is 0 Å². The van der Waals surface area contributed by atoms with Crippen LogP contribution in [-0.2, 0) is 6.61 Å². The van der Waals surface area contributed by atoms with E-state index in [0.717, 1.165) is 28.3 Å². The molecule has 2 rings (SSSR count). The van der Waals surface area contributed by atoms with Crippen LogP contribution in [0.2, 0.25) is 0 Å². The SMILES string of the molecule is Cc1cccc(COc2ccc([C@@H](C)N)cc2C)n1. The minimum Gasteiger partial charge on any atom is -0.487 e. The largest absolute Gasteiger partial charge is 0.487 e. The molecule has 0 aliphatic carbocycles. The highest BCUT2D eigenvalue weighted by molar-refractivity contribution is 5.37. The van der Waals surface area contributed by atoms with Crippen molar-refractivity contribution in [3.8, 4) is 5.75 Å². The number of nitrogens with two attached hydrogens (primary N) is 1. The van der Waals surface area contributed by atoms with Gasteiger partial charge in [-0.1, -0.05) is 18.2 Å². The molecule has 0 amide bonds. The van der Waals surface area contributed by atoms with Crippen molar-refractivity contribution in [1.29, 1.82) is 0 Å². The molecule has 3 nitrogen and oxygen atoms in total.